The van der Waals surface area contributed by atoms with Crippen molar-refractivity contribution in [3.05, 3.63) is 83.7 Å². The molecule has 31 heavy (non-hydrogen) atoms. The van der Waals surface area contributed by atoms with Gasteiger partial charge in [-0.3, -0.25) is 9.59 Å². The lowest BCUT2D eigenvalue weighted by Gasteiger charge is -2.51. The fraction of sp³-hybridized carbons (Fsp3) is 0.308. The minimum Gasteiger partial charge on any atom is -0.350 e. The molecule has 0 aromatic heterocycles. The van der Waals surface area contributed by atoms with Crippen LogP contribution < -0.4 is 5.32 Å². The van der Waals surface area contributed by atoms with Crippen molar-refractivity contribution in [2.24, 2.45) is 0 Å². The summed E-state index contributed by atoms with van der Waals surface area (Å²) in [7, 11) is 0. The van der Waals surface area contributed by atoms with E-state index in [2.05, 4.69) is 23.5 Å². The van der Waals surface area contributed by atoms with Crippen LogP contribution in [0.25, 0.3) is 10.8 Å². The van der Waals surface area contributed by atoms with Crippen LogP contribution in [0.15, 0.2) is 66.7 Å². The minimum atomic E-state index is -0.820. The van der Waals surface area contributed by atoms with E-state index in [0.717, 1.165) is 34.7 Å². The average molecular weight is 416 g/mol. The zero-order chi connectivity index (χ0) is 21.4. The highest BCUT2D eigenvalue weighted by molar-refractivity contribution is 5.95. The number of likely N-dealkylation sites (tertiary alicyclic amines) is 1. The Balaban J connectivity index is 1.39. The van der Waals surface area contributed by atoms with E-state index in [1.54, 1.807) is 17.0 Å². The molecule has 1 atom stereocenters. The normalized spacial score (nSPS) is 20.0. The Bertz CT molecular complexity index is 1130. The van der Waals surface area contributed by atoms with E-state index in [1.165, 1.54) is 12.1 Å². The zero-order valence-electron chi connectivity index (χ0n) is 17.3. The summed E-state index contributed by atoms with van der Waals surface area (Å²) < 4.78 is 13.4. The molecule has 1 unspecified atom stereocenters. The molecule has 2 amide bonds. The molecule has 1 N–H and O–H groups in total. The number of nitrogens with one attached hydrogen (secondary N) is 1. The highest BCUT2D eigenvalue weighted by Crippen LogP contribution is 2.47. The second-order valence-electron chi connectivity index (χ2n) is 8.59. The van der Waals surface area contributed by atoms with Crippen LogP contribution in [-0.4, -0.2) is 22.3 Å². The van der Waals surface area contributed by atoms with Gasteiger partial charge in [-0.25, -0.2) is 4.39 Å². The van der Waals surface area contributed by atoms with Gasteiger partial charge in [0, 0.05) is 6.54 Å². The quantitative estimate of drug-likeness (QED) is 0.603. The number of β-lactam (4-membered cyclic amide) rings is 1. The van der Waals surface area contributed by atoms with Gasteiger partial charge in [-0.05, 0) is 46.9 Å². The van der Waals surface area contributed by atoms with Gasteiger partial charge < -0.3 is 10.2 Å². The van der Waals surface area contributed by atoms with Gasteiger partial charge in [0.2, 0.25) is 11.8 Å². The van der Waals surface area contributed by atoms with Crippen LogP contribution in [0.3, 0.4) is 0 Å². The Labute approximate surface area is 181 Å². The first-order chi connectivity index (χ1) is 15.1. The van der Waals surface area contributed by atoms with Crippen LogP contribution in [0.1, 0.15) is 49.3 Å². The summed E-state index contributed by atoms with van der Waals surface area (Å²) in [6.07, 6.45) is 3.53. The maximum absolute atomic E-state index is 13.5. The molecular formula is C26H25FN2O2. The molecule has 1 aliphatic heterocycles. The molecule has 158 valence electrons. The van der Waals surface area contributed by atoms with Gasteiger partial charge in [0.15, 0.2) is 0 Å². The summed E-state index contributed by atoms with van der Waals surface area (Å²) in [6.45, 7) is 0.422. The third-order valence-electron chi connectivity index (χ3n) is 6.84. The maximum Gasteiger partial charge on any atom is 0.246 e. The second kappa shape index (κ2) is 7.80. The number of amides is 2. The molecule has 1 aliphatic carbocycles. The number of rotatable bonds is 5. The predicted molar refractivity (Wildman–Crippen MR) is 118 cm³/mol. The fourth-order valence-electron chi connectivity index (χ4n) is 5.23. The van der Waals surface area contributed by atoms with E-state index in [1.807, 2.05) is 24.3 Å². The molecule has 1 saturated heterocycles. The first-order valence-electron chi connectivity index (χ1n) is 10.9. The number of nitrogens with zero attached hydrogens (tertiary/aromatic N) is 1. The molecule has 2 aliphatic rings. The van der Waals surface area contributed by atoms with E-state index in [9.17, 15) is 14.0 Å². The molecule has 1 heterocycles. The Kier molecular flexibility index (Phi) is 4.97. The molecule has 3 aromatic rings. The molecule has 0 bridgehead atoms. The molecular weight excluding hydrogens is 391 g/mol. The van der Waals surface area contributed by atoms with Crippen molar-refractivity contribution < 1.29 is 14.0 Å². The number of halogens is 1. The van der Waals surface area contributed by atoms with E-state index in [4.69, 9.17) is 0 Å². The van der Waals surface area contributed by atoms with Crippen LogP contribution in [0.2, 0.25) is 0 Å². The van der Waals surface area contributed by atoms with E-state index in [0.29, 0.717) is 25.8 Å². The third-order valence-corrected chi connectivity index (χ3v) is 6.84. The van der Waals surface area contributed by atoms with Gasteiger partial charge in [0.25, 0.3) is 0 Å². The van der Waals surface area contributed by atoms with E-state index < -0.39 is 5.54 Å². The van der Waals surface area contributed by atoms with Crippen LogP contribution in [0, 0.1) is 5.82 Å². The van der Waals surface area contributed by atoms with Crippen molar-refractivity contribution >= 4 is 22.6 Å². The highest BCUT2D eigenvalue weighted by Gasteiger charge is 2.55. The zero-order valence-corrected chi connectivity index (χ0v) is 17.3. The van der Waals surface area contributed by atoms with Gasteiger partial charge in [0.1, 0.15) is 11.4 Å². The lowest BCUT2D eigenvalue weighted by molar-refractivity contribution is -0.165. The lowest BCUT2D eigenvalue weighted by Crippen LogP contribution is -2.65. The summed E-state index contributed by atoms with van der Waals surface area (Å²) in [5.74, 6) is -0.390. The Hall–Kier alpha value is -3.21. The number of hydrogen-bond donors (Lipinski definition) is 1. The summed E-state index contributed by atoms with van der Waals surface area (Å²) in [4.78, 5) is 28.0. The van der Waals surface area contributed by atoms with Crippen molar-refractivity contribution in [2.75, 3.05) is 0 Å². The summed E-state index contributed by atoms with van der Waals surface area (Å²) in [5, 5.41) is 5.39. The van der Waals surface area contributed by atoms with Gasteiger partial charge in [0.05, 0.1) is 12.5 Å². The summed E-state index contributed by atoms with van der Waals surface area (Å²) in [6, 6.07) is 20.3. The van der Waals surface area contributed by atoms with Crippen LogP contribution in [-0.2, 0) is 16.1 Å². The van der Waals surface area contributed by atoms with Gasteiger partial charge in [-0.1, -0.05) is 67.4 Å². The van der Waals surface area contributed by atoms with E-state index >= 15 is 0 Å². The first-order valence-corrected chi connectivity index (χ1v) is 10.9. The fourth-order valence-corrected chi connectivity index (χ4v) is 5.23. The summed E-state index contributed by atoms with van der Waals surface area (Å²) in [5.41, 5.74) is 1.12. The Morgan fingerprint density at radius 2 is 1.71 bits per heavy atom. The van der Waals surface area contributed by atoms with Crippen molar-refractivity contribution in [2.45, 2.75) is 50.2 Å². The lowest BCUT2D eigenvalue weighted by atomic mass is 9.83. The first kappa shape index (κ1) is 19.7. The summed E-state index contributed by atoms with van der Waals surface area (Å²) >= 11 is 0. The van der Waals surface area contributed by atoms with Gasteiger partial charge in [-0.2, -0.15) is 0 Å². The number of carbonyl (C=O) groups is 2. The van der Waals surface area contributed by atoms with Crippen molar-refractivity contribution in [1.82, 2.24) is 10.2 Å². The molecule has 3 aromatic carbocycles. The Morgan fingerprint density at radius 1 is 1.00 bits per heavy atom. The number of benzene rings is 3. The molecule has 0 radical (unpaired) electrons. The van der Waals surface area contributed by atoms with Gasteiger partial charge >= 0.3 is 0 Å². The molecule has 5 rings (SSSR count). The maximum atomic E-state index is 13.5. The van der Waals surface area contributed by atoms with Crippen molar-refractivity contribution in [1.29, 1.82) is 0 Å². The van der Waals surface area contributed by atoms with Crippen LogP contribution in [0.4, 0.5) is 4.39 Å². The monoisotopic (exact) mass is 416 g/mol. The van der Waals surface area contributed by atoms with Crippen LogP contribution in [0.5, 0.6) is 0 Å². The smallest absolute Gasteiger partial charge is 0.246 e. The Morgan fingerprint density at radius 3 is 2.45 bits per heavy atom. The largest absolute Gasteiger partial charge is 0.350 e. The van der Waals surface area contributed by atoms with Gasteiger partial charge in [-0.15, -0.1) is 0 Å². The number of carbonyl (C=O) groups excluding carboxylic acids is 2. The SMILES string of the molecule is O=C1CC(c2ccc(F)cc2)N1C1(C(=O)NCc2cccc3ccccc23)CCCC1. The number of hydrogen-bond acceptors (Lipinski definition) is 2. The molecule has 2 fully saturated rings. The molecule has 1 saturated carbocycles. The standard InChI is InChI=1S/C26H25FN2O2/c27-21-12-10-19(11-13-21)23-16-24(30)29(23)26(14-3-4-15-26)25(31)28-17-20-8-5-7-18-6-1-2-9-22(18)20/h1-2,5-13,23H,3-4,14-17H2,(H,28,31). The topological polar surface area (TPSA) is 49.4 Å². The average Bonchev–Trinajstić information content (AvgIpc) is 3.26. The highest BCUT2D eigenvalue weighted by atomic mass is 19.1. The predicted octanol–water partition coefficient (Wildman–Crippen LogP) is 4.88. The minimum absolute atomic E-state index is 0.00321. The van der Waals surface area contributed by atoms with E-state index in [-0.39, 0.29) is 23.7 Å². The molecule has 0 spiro atoms. The second-order valence-corrected chi connectivity index (χ2v) is 8.59. The van der Waals surface area contributed by atoms with Crippen molar-refractivity contribution in [3.63, 3.8) is 0 Å². The van der Waals surface area contributed by atoms with Crippen LogP contribution >= 0.6 is 0 Å². The number of fused-ring (bicyclic) bond motifs is 1. The third kappa shape index (κ3) is 3.38. The molecule has 5 heteroatoms. The van der Waals surface area contributed by atoms with Crippen molar-refractivity contribution in [3.8, 4) is 0 Å². The molecule has 4 nitrogen and oxygen atoms in total.